The van der Waals surface area contributed by atoms with Gasteiger partial charge in [0.05, 0.1) is 28.1 Å². The predicted octanol–water partition coefficient (Wildman–Crippen LogP) is 7.61. The van der Waals surface area contributed by atoms with Gasteiger partial charge in [0.15, 0.2) is 11.6 Å². The van der Waals surface area contributed by atoms with Crippen LogP contribution in [0.25, 0.3) is 0 Å². The van der Waals surface area contributed by atoms with Gasteiger partial charge in [-0.05, 0) is 54.6 Å². The molecule has 11 heteroatoms. The standard InChI is InChI=1S/C36H22F3N3O5/c37-36(38,39)23-13-9-12-22(20-23)33(45)41-27-18-19-28(30-29(27)31(43)25-16-7-8-17-26(25)32(30)44)42(34(46)21-10-3-1-4-11-21)35(47)40-24-14-5-2-6-15-24/h1-20H,(H,40,47)(H,41,45). The Bertz CT molecular complexity index is 2080. The van der Waals surface area contributed by atoms with Crippen LogP contribution in [-0.2, 0) is 6.18 Å². The Hall–Kier alpha value is -6.36. The summed E-state index contributed by atoms with van der Waals surface area (Å²) >= 11 is 0. The summed E-state index contributed by atoms with van der Waals surface area (Å²) in [5, 5.41) is 5.10. The second-order valence-electron chi connectivity index (χ2n) is 10.4. The summed E-state index contributed by atoms with van der Waals surface area (Å²) in [5.41, 5.74) is -2.07. The van der Waals surface area contributed by atoms with Crippen LogP contribution in [0.5, 0.6) is 0 Å². The smallest absolute Gasteiger partial charge is 0.321 e. The third kappa shape index (κ3) is 5.89. The van der Waals surface area contributed by atoms with E-state index in [1.54, 1.807) is 54.6 Å². The highest BCUT2D eigenvalue weighted by Gasteiger charge is 2.38. The lowest BCUT2D eigenvalue weighted by atomic mass is 9.82. The summed E-state index contributed by atoms with van der Waals surface area (Å²) in [6, 6.07) is 27.2. The molecular weight excluding hydrogens is 611 g/mol. The molecule has 0 aliphatic heterocycles. The first-order chi connectivity index (χ1) is 22.5. The monoisotopic (exact) mass is 633 g/mol. The molecule has 47 heavy (non-hydrogen) atoms. The van der Waals surface area contributed by atoms with Crippen molar-refractivity contribution >= 4 is 46.5 Å². The van der Waals surface area contributed by atoms with Crippen LogP contribution in [0.2, 0.25) is 0 Å². The molecule has 1 aliphatic carbocycles. The topological polar surface area (TPSA) is 113 Å². The molecule has 5 aromatic carbocycles. The number of nitrogens with zero attached hydrogens (tertiary/aromatic N) is 1. The maximum Gasteiger partial charge on any atom is 0.416 e. The minimum absolute atomic E-state index is 0.00295. The summed E-state index contributed by atoms with van der Waals surface area (Å²) in [6.45, 7) is 0. The fourth-order valence-electron chi connectivity index (χ4n) is 5.25. The summed E-state index contributed by atoms with van der Waals surface area (Å²) in [5.74, 6) is -3.21. The highest BCUT2D eigenvalue weighted by Crippen LogP contribution is 2.39. The molecule has 0 aromatic heterocycles. The normalized spacial score (nSPS) is 12.1. The molecule has 8 nitrogen and oxygen atoms in total. The van der Waals surface area contributed by atoms with Crippen molar-refractivity contribution in [2.45, 2.75) is 6.18 Å². The summed E-state index contributed by atoms with van der Waals surface area (Å²) in [4.78, 5) is 69.9. The number of urea groups is 1. The number of carbonyl (C=O) groups is 5. The van der Waals surface area contributed by atoms with Crippen LogP contribution >= 0.6 is 0 Å². The average Bonchev–Trinajstić information content (AvgIpc) is 3.08. The average molecular weight is 634 g/mol. The Morgan fingerprint density at radius 1 is 0.596 bits per heavy atom. The zero-order valence-corrected chi connectivity index (χ0v) is 24.2. The lowest BCUT2D eigenvalue weighted by molar-refractivity contribution is -0.137. The van der Waals surface area contributed by atoms with E-state index in [4.69, 9.17) is 0 Å². The number of rotatable bonds is 5. The molecule has 0 heterocycles. The second-order valence-corrected chi connectivity index (χ2v) is 10.4. The van der Waals surface area contributed by atoms with Crippen molar-refractivity contribution in [2.24, 2.45) is 0 Å². The number of hydrogen-bond donors (Lipinski definition) is 2. The maximum atomic E-state index is 14.1. The number of amides is 4. The van der Waals surface area contributed by atoms with E-state index in [-0.39, 0.29) is 44.8 Å². The number of halogens is 3. The van der Waals surface area contributed by atoms with Gasteiger partial charge in [-0.1, -0.05) is 66.7 Å². The first kappa shape index (κ1) is 30.7. The number of ketones is 2. The van der Waals surface area contributed by atoms with Gasteiger partial charge in [-0.3, -0.25) is 19.2 Å². The first-order valence-electron chi connectivity index (χ1n) is 14.1. The molecule has 0 radical (unpaired) electrons. The van der Waals surface area contributed by atoms with Gasteiger partial charge in [-0.2, -0.15) is 13.2 Å². The van der Waals surface area contributed by atoms with Crippen LogP contribution in [0.4, 0.5) is 35.0 Å². The number of para-hydroxylation sites is 1. The first-order valence-corrected chi connectivity index (χ1v) is 14.1. The van der Waals surface area contributed by atoms with Crippen molar-refractivity contribution in [2.75, 3.05) is 15.5 Å². The Balaban J connectivity index is 1.51. The van der Waals surface area contributed by atoms with Crippen LogP contribution in [-0.4, -0.2) is 29.4 Å². The van der Waals surface area contributed by atoms with Crippen molar-refractivity contribution < 1.29 is 37.1 Å². The molecule has 0 unspecified atom stereocenters. The lowest BCUT2D eigenvalue weighted by Gasteiger charge is -2.28. The summed E-state index contributed by atoms with van der Waals surface area (Å²) < 4.78 is 40.1. The number of alkyl halides is 3. The summed E-state index contributed by atoms with van der Waals surface area (Å²) in [7, 11) is 0. The highest BCUT2D eigenvalue weighted by atomic mass is 19.4. The number of fused-ring (bicyclic) bond motifs is 2. The van der Waals surface area contributed by atoms with Crippen molar-refractivity contribution in [1.82, 2.24) is 0 Å². The van der Waals surface area contributed by atoms with Gasteiger partial charge in [-0.25, -0.2) is 9.69 Å². The van der Waals surface area contributed by atoms with Crippen LogP contribution in [0.3, 0.4) is 0 Å². The Morgan fingerprint density at radius 3 is 1.81 bits per heavy atom. The number of hydrogen-bond acceptors (Lipinski definition) is 5. The van der Waals surface area contributed by atoms with Gasteiger partial charge in [0.2, 0.25) is 0 Å². The molecule has 0 spiro atoms. The molecule has 0 saturated carbocycles. The van der Waals surface area contributed by atoms with E-state index >= 15 is 0 Å². The highest BCUT2D eigenvalue weighted by molar-refractivity contribution is 6.35. The van der Waals surface area contributed by atoms with Gasteiger partial charge < -0.3 is 10.6 Å². The number of benzene rings is 5. The number of nitrogens with one attached hydrogen (secondary N) is 2. The SMILES string of the molecule is O=C(Nc1ccc(N(C(=O)Nc2ccccc2)C(=O)c2ccccc2)c2c1C(=O)c1ccccc1C2=O)c1cccc(C(F)(F)F)c1. The van der Waals surface area contributed by atoms with Crippen molar-refractivity contribution in [3.8, 4) is 0 Å². The minimum Gasteiger partial charge on any atom is -0.321 e. The fraction of sp³-hybridized carbons (Fsp3) is 0.0278. The zero-order valence-electron chi connectivity index (χ0n) is 24.2. The molecule has 4 amide bonds. The van der Waals surface area contributed by atoms with Crippen LogP contribution in [0, 0.1) is 0 Å². The van der Waals surface area contributed by atoms with E-state index in [1.165, 1.54) is 48.5 Å². The van der Waals surface area contributed by atoms with Gasteiger partial charge in [0.25, 0.3) is 11.8 Å². The van der Waals surface area contributed by atoms with Gasteiger partial charge >= 0.3 is 12.2 Å². The number of anilines is 3. The molecule has 0 bridgehead atoms. The van der Waals surface area contributed by atoms with E-state index in [9.17, 15) is 37.1 Å². The van der Waals surface area contributed by atoms with E-state index in [0.29, 0.717) is 11.8 Å². The molecule has 0 atom stereocenters. The van der Waals surface area contributed by atoms with Crippen molar-refractivity contribution in [1.29, 1.82) is 0 Å². The Morgan fingerprint density at radius 2 is 1.17 bits per heavy atom. The van der Waals surface area contributed by atoms with Gasteiger partial charge in [-0.15, -0.1) is 0 Å². The molecule has 2 N–H and O–H groups in total. The van der Waals surface area contributed by atoms with Crippen LogP contribution in [0.15, 0.2) is 121 Å². The molecule has 5 aromatic rings. The van der Waals surface area contributed by atoms with E-state index in [1.807, 2.05) is 0 Å². The Kier molecular flexibility index (Phi) is 7.96. The lowest BCUT2D eigenvalue weighted by Crippen LogP contribution is -2.42. The maximum absolute atomic E-state index is 14.1. The Labute approximate surface area is 265 Å². The molecule has 0 saturated heterocycles. The third-order valence-electron chi connectivity index (χ3n) is 7.45. The van der Waals surface area contributed by atoms with Crippen LogP contribution < -0.4 is 15.5 Å². The summed E-state index contributed by atoms with van der Waals surface area (Å²) in [6.07, 6.45) is -4.71. The quantitative estimate of drug-likeness (QED) is 0.203. The van der Waals surface area contributed by atoms with Gasteiger partial charge in [0, 0.05) is 27.9 Å². The largest absolute Gasteiger partial charge is 0.416 e. The number of imide groups is 1. The minimum atomic E-state index is -4.71. The molecular formula is C36H22F3N3O5. The molecule has 1 aliphatic rings. The predicted molar refractivity (Wildman–Crippen MR) is 168 cm³/mol. The third-order valence-corrected chi connectivity index (χ3v) is 7.45. The van der Waals surface area contributed by atoms with E-state index < -0.39 is 41.2 Å². The van der Waals surface area contributed by atoms with E-state index in [0.717, 1.165) is 17.0 Å². The van der Waals surface area contributed by atoms with E-state index in [2.05, 4.69) is 10.6 Å². The van der Waals surface area contributed by atoms with Gasteiger partial charge in [0.1, 0.15) is 0 Å². The molecule has 232 valence electrons. The zero-order chi connectivity index (χ0) is 33.3. The van der Waals surface area contributed by atoms with Crippen molar-refractivity contribution in [3.63, 3.8) is 0 Å². The molecule has 6 rings (SSSR count). The number of carbonyl (C=O) groups excluding carboxylic acids is 5. The van der Waals surface area contributed by atoms with Crippen molar-refractivity contribution in [3.05, 3.63) is 160 Å². The second kappa shape index (κ2) is 12.2. The fourth-order valence-corrected chi connectivity index (χ4v) is 5.25. The van der Waals surface area contributed by atoms with Crippen LogP contribution in [0.1, 0.15) is 58.1 Å². The molecule has 0 fully saturated rings.